The Morgan fingerprint density at radius 3 is 2.76 bits per heavy atom. The van der Waals surface area contributed by atoms with Crippen LogP contribution in [0.3, 0.4) is 0 Å². The molecule has 0 saturated heterocycles. The first-order valence-corrected chi connectivity index (χ1v) is 8.25. The van der Waals surface area contributed by atoms with Gasteiger partial charge in [0.25, 0.3) is 0 Å². The zero-order chi connectivity index (χ0) is 18.6. The lowest BCUT2D eigenvalue weighted by molar-refractivity contribution is 0.112. The normalized spacial score (nSPS) is 12.0. The highest BCUT2D eigenvalue weighted by Gasteiger charge is 2.14. The van der Waals surface area contributed by atoms with Gasteiger partial charge >= 0.3 is 0 Å². The molecular formula is C19H25FN4O. The van der Waals surface area contributed by atoms with Gasteiger partial charge in [0.1, 0.15) is 5.82 Å². The highest BCUT2D eigenvalue weighted by Crippen LogP contribution is 2.24. The van der Waals surface area contributed by atoms with Gasteiger partial charge in [-0.05, 0) is 50.4 Å². The largest absolute Gasteiger partial charge is 0.398 e. The molecule has 5 nitrogen and oxygen atoms in total. The van der Waals surface area contributed by atoms with Crippen LogP contribution in [0.2, 0.25) is 0 Å². The Balaban J connectivity index is 2.37. The number of halogens is 1. The van der Waals surface area contributed by atoms with E-state index < -0.39 is 5.82 Å². The Kier molecular flexibility index (Phi) is 5.98. The molecule has 1 aromatic carbocycles. The summed E-state index contributed by atoms with van der Waals surface area (Å²) in [5.41, 5.74) is 16.3. The van der Waals surface area contributed by atoms with Crippen LogP contribution in [0.5, 0.6) is 0 Å². The molecule has 0 atom stereocenters. The van der Waals surface area contributed by atoms with Crippen molar-refractivity contribution in [2.24, 2.45) is 5.73 Å². The average molecular weight is 344 g/mol. The highest BCUT2D eigenvalue weighted by atomic mass is 19.1. The van der Waals surface area contributed by atoms with Gasteiger partial charge in [-0.2, -0.15) is 0 Å². The molecule has 0 fully saturated rings. The fourth-order valence-corrected chi connectivity index (χ4v) is 2.67. The molecule has 2 aromatic rings. The number of hydrogen-bond donors (Lipinski definition) is 3. The standard InChI is InChI=1S/C19H25FN4O/c1-4-24(3)8-7-18-15(11-25)12(2)19(23-18)10-17(22)14-9-13(20)5-6-16(14)21/h5-6,9-11,23H,4,7-8,21-22H2,1-3H3/b17-10-. The van der Waals surface area contributed by atoms with Crippen LogP contribution in [0.25, 0.3) is 11.8 Å². The van der Waals surface area contributed by atoms with E-state index >= 15 is 0 Å². The molecule has 0 amide bonds. The van der Waals surface area contributed by atoms with Crippen LogP contribution in [-0.4, -0.2) is 36.3 Å². The fourth-order valence-electron chi connectivity index (χ4n) is 2.67. The Bertz CT molecular complexity index is 795. The van der Waals surface area contributed by atoms with Crippen LogP contribution in [0.1, 0.15) is 39.8 Å². The number of benzene rings is 1. The van der Waals surface area contributed by atoms with E-state index in [2.05, 4.69) is 16.8 Å². The Labute approximate surface area is 147 Å². The number of nitrogens with one attached hydrogen (secondary N) is 1. The molecule has 1 heterocycles. The third kappa shape index (κ3) is 4.28. The van der Waals surface area contributed by atoms with E-state index in [0.717, 1.165) is 42.7 Å². The number of H-pyrrole nitrogens is 1. The predicted molar refractivity (Wildman–Crippen MR) is 101 cm³/mol. The van der Waals surface area contributed by atoms with Gasteiger partial charge in [-0.3, -0.25) is 4.79 Å². The molecular weight excluding hydrogens is 319 g/mol. The number of nitrogen functional groups attached to an aromatic ring is 1. The smallest absolute Gasteiger partial charge is 0.152 e. The summed E-state index contributed by atoms with van der Waals surface area (Å²) in [4.78, 5) is 16.9. The molecule has 25 heavy (non-hydrogen) atoms. The topological polar surface area (TPSA) is 88.1 Å². The Morgan fingerprint density at radius 1 is 1.40 bits per heavy atom. The van der Waals surface area contributed by atoms with Gasteiger partial charge < -0.3 is 21.4 Å². The zero-order valence-electron chi connectivity index (χ0n) is 14.9. The molecule has 0 bridgehead atoms. The van der Waals surface area contributed by atoms with Crippen molar-refractivity contribution in [1.29, 1.82) is 0 Å². The van der Waals surface area contributed by atoms with Crippen molar-refractivity contribution in [3.8, 4) is 0 Å². The van der Waals surface area contributed by atoms with Gasteiger partial charge in [0.05, 0.1) is 0 Å². The number of aldehydes is 1. The lowest BCUT2D eigenvalue weighted by Gasteiger charge is -2.12. The van der Waals surface area contributed by atoms with E-state index in [1.165, 1.54) is 18.2 Å². The number of likely N-dealkylation sites (N-methyl/N-ethyl adjacent to an activating group) is 1. The summed E-state index contributed by atoms with van der Waals surface area (Å²) >= 11 is 0. The lowest BCUT2D eigenvalue weighted by Crippen LogP contribution is -2.20. The van der Waals surface area contributed by atoms with Gasteiger partial charge in [-0.15, -0.1) is 0 Å². The van der Waals surface area contributed by atoms with Crippen LogP contribution in [0.4, 0.5) is 10.1 Å². The van der Waals surface area contributed by atoms with Gasteiger partial charge in [-0.25, -0.2) is 4.39 Å². The van der Waals surface area contributed by atoms with Crippen molar-refractivity contribution in [2.75, 3.05) is 25.9 Å². The SMILES string of the molecule is CCN(C)CCc1[nH]c(/C=C(\N)c2cc(F)ccc2N)c(C)c1C=O. The Morgan fingerprint density at radius 2 is 2.12 bits per heavy atom. The third-order valence-electron chi connectivity index (χ3n) is 4.45. The number of rotatable bonds is 7. The number of anilines is 1. The molecule has 0 aliphatic carbocycles. The van der Waals surface area contributed by atoms with Crippen LogP contribution in [0.15, 0.2) is 18.2 Å². The van der Waals surface area contributed by atoms with Crippen LogP contribution < -0.4 is 11.5 Å². The molecule has 5 N–H and O–H groups in total. The number of carbonyl (C=O) groups is 1. The predicted octanol–water partition coefficient (Wildman–Crippen LogP) is 2.81. The third-order valence-corrected chi connectivity index (χ3v) is 4.45. The maximum Gasteiger partial charge on any atom is 0.152 e. The lowest BCUT2D eigenvalue weighted by atomic mass is 10.1. The minimum absolute atomic E-state index is 0.344. The number of nitrogens with zero attached hydrogens (tertiary/aromatic N) is 1. The van der Waals surface area contributed by atoms with E-state index in [1.54, 1.807) is 6.08 Å². The molecule has 6 heteroatoms. The molecule has 0 saturated carbocycles. The summed E-state index contributed by atoms with van der Waals surface area (Å²) in [5, 5.41) is 0. The second-order valence-electron chi connectivity index (χ2n) is 6.15. The monoisotopic (exact) mass is 344 g/mol. The summed E-state index contributed by atoms with van der Waals surface area (Å²) in [5.74, 6) is -0.402. The van der Waals surface area contributed by atoms with Crippen molar-refractivity contribution in [1.82, 2.24) is 9.88 Å². The number of nitrogens with two attached hydrogens (primary N) is 2. The number of aromatic amines is 1. The summed E-state index contributed by atoms with van der Waals surface area (Å²) in [6.07, 6.45) is 3.28. The highest BCUT2D eigenvalue weighted by molar-refractivity contribution is 5.87. The fraction of sp³-hybridized carbons (Fsp3) is 0.316. The molecule has 2 rings (SSSR count). The van der Waals surface area contributed by atoms with Gasteiger partial charge in [-0.1, -0.05) is 6.92 Å². The molecule has 134 valence electrons. The molecule has 1 aromatic heterocycles. The maximum atomic E-state index is 13.5. The van der Waals surface area contributed by atoms with Crippen LogP contribution in [-0.2, 0) is 6.42 Å². The van der Waals surface area contributed by atoms with Crippen molar-refractivity contribution in [3.63, 3.8) is 0 Å². The first-order chi connectivity index (χ1) is 11.9. The second-order valence-corrected chi connectivity index (χ2v) is 6.15. The van der Waals surface area contributed by atoms with Crippen molar-refractivity contribution < 1.29 is 9.18 Å². The van der Waals surface area contributed by atoms with Crippen LogP contribution >= 0.6 is 0 Å². The average Bonchev–Trinajstić information content (AvgIpc) is 2.89. The van der Waals surface area contributed by atoms with E-state index in [4.69, 9.17) is 11.5 Å². The van der Waals surface area contributed by atoms with Gasteiger partial charge in [0.15, 0.2) is 6.29 Å². The first-order valence-electron chi connectivity index (χ1n) is 8.25. The van der Waals surface area contributed by atoms with Crippen molar-refractivity contribution in [2.45, 2.75) is 20.3 Å². The molecule has 0 aliphatic rings. The van der Waals surface area contributed by atoms with Crippen molar-refractivity contribution in [3.05, 3.63) is 52.1 Å². The van der Waals surface area contributed by atoms with E-state index in [-0.39, 0.29) is 0 Å². The van der Waals surface area contributed by atoms with E-state index in [1.807, 2.05) is 14.0 Å². The summed E-state index contributed by atoms with van der Waals surface area (Å²) in [6, 6.07) is 4.08. The van der Waals surface area contributed by atoms with E-state index in [0.29, 0.717) is 22.5 Å². The molecule has 0 aliphatic heterocycles. The summed E-state index contributed by atoms with van der Waals surface area (Å²) < 4.78 is 13.5. The van der Waals surface area contributed by atoms with Crippen molar-refractivity contribution >= 4 is 23.7 Å². The van der Waals surface area contributed by atoms with Gasteiger partial charge in [0, 0.05) is 46.9 Å². The maximum absolute atomic E-state index is 13.5. The van der Waals surface area contributed by atoms with Gasteiger partial charge in [0.2, 0.25) is 0 Å². The molecule has 0 spiro atoms. The van der Waals surface area contributed by atoms with E-state index in [9.17, 15) is 9.18 Å². The molecule has 0 radical (unpaired) electrons. The minimum atomic E-state index is -0.402. The molecule has 0 unspecified atom stereocenters. The van der Waals surface area contributed by atoms with Crippen LogP contribution in [0, 0.1) is 12.7 Å². The zero-order valence-corrected chi connectivity index (χ0v) is 14.9. The number of carbonyl (C=O) groups excluding carboxylic acids is 1. The number of aromatic nitrogens is 1. The Hall–Kier alpha value is -2.60. The quantitative estimate of drug-likeness (QED) is 0.532. The second kappa shape index (κ2) is 7.98. The summed E-state index contributed by atoms with van der Waals surface area (Å²) in [7, 11) is 2.03. The first kappa shape index (κ1) is 18.7. The minimum Gasteiger partial charge on any atom is -0.398 e. The summed E-state index contributed by atoms with van der Waals surface area (Å²) in [6.45, 7) is 5.72. The number of hydrogen-bond acceptors (Lipinski definition) is 4.